The fourth-order valence-electron chi connectivity index (χ4n) is 3.31. The number of nitrogens with zero attached hydrogens (tertiary/aromatic N) is 4. The van der Waals surface area contributed by atoms with Gasteiger partial charge < -0.3 is 19.9 Å². The number of thioether (sulfide) groups is 1. The molecular weight excluding hydrogens is 508 g/mol. The van der Waals surface area contributed by atoms with E-state index in [1.807, 2.05) is 60.0 Å². The third-order valence-electron chi connectivity index (χ3n) is 5.44. The molecule has 2 amide bonds. The summed E-state index contributed by atoms with van der Waals surface area (Å²) in [7, 11) is 1.79. The van der Waals surface area contributed by atoms with Gasteiger partial charge >= 0.3 is 0 Å². The number of aromatic nitrogens is 4. The lowest BCUT2D eigenvalue weighted by atomic mass is 10.0. The smallest absolute Gasteiger partial charge is 0.258 e. The van der Waals surface area contributed by atoms with E-state index in [0.29, 0.717) is 27.8 Å². The molecule has 2 N–H and O–H groups in total. The SMILES string of the molecule is CC(C)c1ccc(OCC(=O)NCc2nnc(SCC(=O)Nc3nc(-c4ccccc4)cs3)n2C)cc1. The first-order chi connectivity index (χ1) is 17.9. The number of carbonyl (C=O) groups excluding carboxylic acids is 2. The fourth-order valence-corrected chi connectivity index (χ4v) is 4.78. The van der Waals surface area contributed by atoms with Crippen LogP contribution < -0.4 is 15.4 Å². The summed E-state index contributed by atoms with van der Waals surface area (Å²) < 4.78 is 7.31. The van der Waals surface area contributed by atoms with Gasteiger partial charge in [0, 0.05) is 18.0 Å². The van der Waals surface area contributed by atoms with Crippen molar-refractivity contribution in [2.45, 2.75) is 31.5 Å². The zero-order valence-corrected chi connectivity index (χ0v) is 22.4. The fraction of sp³-hybridized carbons (Fsp3) is 0.269. The Hall–Kier alpha value is -3.70. The molecule has 37 heavy (non-hydrogen) atoms. The predicted octanol–water partition coefficient (Wildman–Crippen LogP) is 4.49. The van der Waals surface area contributed by atoms with E-state index in [4.69, 9.17) is 4.74 Å². The van der Waals surface area contributed by atoms with Gasteiger partial charge in [0.1, 0.15) is 5.75 Å². The van der Waals surface area contributed by atoms with Crippen LogP contribution in [0.5, 0.6) is 5.75 Å². The van der Waals surface area contributed by atoms with Crippen molar-refractivity contribution in [3.63, 3.8) is 0 Å². The molecule has 0 fully saturated rings. The molecule has 4 rings (SSSR count). The Morgan fingerprint density at radius 3 is 2.54 bits per heavy atom. The number of thiazole rings is 1. The van der Waals surface area contributed by atoms with E-state index >= 15 is 0 Å². The Balaban J connectivity index is 1.20. The topological polar surface area (TPSA) is 111 Å². The highest BCUT2D eigenvalue weighted by Crippen LogP contribution is 2.25. The molecule has 0 saturated carbocycles. The van der Waals surface area contributed by atoms with Gasteiger partial charge in [0.2, 0.25) is 5.91 Å². The molecule has 0 atom stereocenters. The van der Waals surface area contributed by atoms with Crippen molar-refractivity contribution in [1.29, 1.82) is 0 Å². The lowest BCUT2D eigenvalue weighted by molar-refractivity contribution is -0.123. The molecular formula is C26H28N6O3S2. The quantitative estimate of drug-likeness (QED) is 0.272. The average molecular weight is 537 g/mol. The van der Waals surface area contributed by atoms with Crippen LogP contribution in [-0.2, 0) is 23.2 Å². The van der Waals surface area contributed by atoms with Crippen LogP contribution in [0.1, 0.15) is 31.2 Å². The number of rotatable bonds is 11. The third-order valence-corrected chi connectivity index (χ3v) is 7.22. The largest absolute Gasteiger partial charge is 0.484 e. The van der Waals surface area contributed by atoms with Crippen molar-refractivity contribution in [1.82, 2.24) is 25.1 Å². The average Bonchev–Trinajstić information content (AvgIpc) is 3.52. The molecule has 2 aromatic carbocycles. The van der Waals surface area contributed by atoms with Crippen LogP contribution in [-0.4, -0.2) is 43.9 Å². The molecule has 0 radical (unpaired) electrons. The van der Waals surface area contributed by atoms with E-state index in [-0.39, 0.29) is 30.7 Å². The number of nitrogens with one attached hydrogen (secondary N) is 2. The first-order valence-corrected chi connectivity index (χ1v) is 13.6. The Morgan fingerprint density at radius 1 is 1.05 bits per heavy atom. The van der Waals surface area contributed by atoms with Gasteiger partial charge in [-0.1, -0.05) is 68.1 Å². The summed E-state index contributed by atoms with van der Waals surface area (Å²) in [5.74, 6) is 1.36. The maximum Gasteiger partial charge on any atom is 0.258 e. The minimum absolute atomic E-state index is 0.0939. The molecule has 9 nitrogen and oxygen atoms in total. The molecule has 0 bridgehead atoms. The van der Waals surface area contributed by atoms with Gasteiger partial charge in [-0.15, -0.1) is 21.5 Å². The van der Waals surface area contributed by atoms with Gasteiger partial charge in [0.05, 0.1) is 18.0 Å². The zero-order chi connectivity index (χ0) is 26.2. The summed E-state index contributed by atoms with van der Waals surface area (Å²) in [5, 5.41) is 16.9. The van der Waals surface area contributed by atoms with Gasteiger partial charge in [-0.3, -0.25) is 9.59 Å². The van der Waals surface area contributed by atoms with Crippen LogP contribution in [0, 0.1) is 0 Å². The second kappa shape index (κ2) is 12.5. The molecule has 0 spiro atoms. The molecule has 4 aromatic rings. The van der Waals surface area contributed by atoms with Crippen molar-refractivity contribution in [2.24, 2.45) is 7.05 Å². The summed E-state index contributed by atoms with van der Waals surface area (Å²) in [5.41, 5.74) is 3.03. The number of anilines is 1. The minimum Gasteiger partial charge on any atom is -0.484 e. The van der Waals surface area contributed by atoms with E-state index in [2.05, 4.69) is 39.7 Å². The first-order valence-electron chi connectivity index (χ1n) is 11.7. The van der Waals surface area contributed by atoms with Crippen LogP contribution in [0.3, 0.4) is 0 Å². The zero-order valence-electron chi connectivity index (χ0n) is 20.8. The van der Waals surface area contributed by atoms with Gasteiger partial charge in [0.15, 0.2) is 22.7 Å². The van der Waals surface area contributed by atoms with Crippen molar-refractivity contribution in [2.75, 3.05) is 17.7 Å². The molecule has 0 unspecified atom stereocenters. The highest BCUT2D eigenvalue weighted by atomic mass is 32.2. The highest BCUT2D eigenvalue weighted by molar-refractivity contribution is 7.99. The van der Waals surface area contributed by atoms with E-state index in [1.54, 1.807) is 11.6 Å². The Bertz CT molecular complexity index is 1340. The molecule has 0 aliphatic carbocycles. The Kier molecular flexibility index (Phi) is 8.91. The van der Waals surface area contributed by atoms with E-state index < -0.39 is 0 Å². The summed E-state index contributed by atoms with van der Waals surface area (Å²) in [6.07, 6.45) is 0. The number of hydrogen-bond donors (Lipinski definition) is 2. The predicted molar refractivity (Wildman–Crippen MR) is 146 cm³/mol. The lowest BCUT2D eigenvalue weighted by Gasteiger charge is -2.09. The maximum atomic E-state index is 12.4. The molecule has 0 saturated heterocycles. The van der Waals surface area contributed by atoms with Crippen molar-refractivity contribution in [3.05, 3.63) is 71.4 Å². The first kappa shape index (κ1) is 26.4. The molecule has 2 heterocycles. The summed E-state index contributed by atoms with van der Waals surface area (Å²) in [6, 6.07) is 17.5. The van der Waals surface area contributed by atoms with Crippen LogP contribution in [0.4, 0.5) is 5.13 Å². The van der Waals surface area contributed by atoms with Crippen LogP contribution in [0.25, 0.3) is 11.3 Å². The van der Waals surface area contributed by atoms with Crippen molar-refractivity contribution < 1.29 is 14.3 Å². The number of amides is 2. The van der Waals surface area contributed by atoms with Crippen molar-refractivity contribution >= 4 is 40.0 Å². The number of ether oxygens (including phenoxy) is 1. The number of benzene rings is 2. The van der Waals surface area contributed by atoms with E-state index in [0.717, 1.165) is 11.3 Å². The standard InChI is InChI=1S/C26H28N6O3S2/c1-17(2)18-9-11-20(12-10-18)35-14-23(33)27-13-22-30-31-26(32(22)3)37-16-24(34)29-25-28-21(15-36-25)19-7-5-4-6-8-19/h4-12,15,17H,13-14,16H2,1-3H3,(H,27,33)(H,28,29,34). The van der Waals surface area contributed by atoms with Gasteiger partial charge in [-0.25, -0.2) is 4.98 Å². The van der Waals surface area contributed by atoms with E-state index in [9.17, 15) is 9.59 Å². The molecule has 0 aliphatic rings. The van der Waals surface area contributed by atoms with Crippen LogP contribution >= 0.6 is 23.1 Å². The normalized spacial score (nSPS) is 10.9. The Morgan fingerprint density at radius 2 is 1.81 bits per heavy atom. The second-order valence-corrected chi connectivity index (χ2v) is 10.3. The minimum atomic E-state index is -0.261. The second-order valence-electron chi connectivity index (χ2n) is 8.49. The summed E-state index contributed by atoms with van der Waals surface area (Å²) in [6.45, 7) is 4.35. The Labute approximate surface area is 223 Å². The van der Waals surface area contributed by atoms with Gasteiger partial charge in [-0.2, -0.15) is 0 Å². The van der Waals surface area contributed by atoms with Crippen LogP contribution in [0.2, 0.25) is 0 Å². The molecule has 11 heteroatoms. The van der Waals surface area contributed by atoms with Crippen molar-refractivity contribution in [3.8, 4) is 17.0 Å². The van der Waals surface area contributed by atoms with Gasteiger partial charge in [-0.05, 0) is 23.6 Å². The van der Waals surface area contributed by atoms with Gasteiger partial charge in [0.25, 0.3) is 5.91 Å². The number of hydrogen-bond acceptors (Lipinski definition) is 8. The summed E-state index contributed by atoms with van der Waals surface area (Å²) in [4.78, 5) is 29.1. The van der Waals surface area contributed by atoms with E-state index in [1.165, 1.54) is 28.7 Å². The molecule has 0 aliphatic heterocycles. The van der Waals surface area contributed by atoms with Crippen LogP contribution in [0.15, 0.2) is 65.1 Å². The number of carbonyl (C=O) groups is 2. The highest BCUT2D eigenvalue weighted by Gasteiger charge is 2.14. The molecule has 2 aromatic heterocycles. The summed E-state index contributed by atoms with van der Waals surface area (Å²) >= 11 is 2.64. The maximum absolute atomic E-state index is 12.4. The lowest BCUT2D eigenvalue weighted by Crippen LogP contribution is -2.29. The monoisotopic (exact) mass is 536 g/mol. The molecule has 192 valence electrons. The third kappa shape index (κ3) is 7.40.